The fraction of sp³-hybridized carbons (Fsp3) is 0.161. The van der Waals surface area contributed by atoms with Crippen LogP contribution in [0.1, 0.15) is 11.3 Å². The predicted molar refractivity (Wildman–Crippen MR) is 152 cm³/mol. The highest BCUT2D eigenvalue weighted by Gasteiger charge is 2.28. The van der Waals surface area contributed by atoms with E-state index >= 15 is 0 Å². The Bertz CT molecular complexity index is 1840. The molecule has 0 atom stereocenters. The Labute approximate surface area is 230 Å². The van der Waals surface area contributed by atoms with Gasteiger partial charge in [-0.1, -0.05) is 42.5 Å². The number of nitrogens with zero attached hydrogens (tertiary/aromatic N) is 7. The number of nitriles is 1. The number of furan rings is 1. The molecule has 0 unspecified atom stereocenters. The van der Waals surface area contributed by atoms with Crippen LogP contribution < -0.4 is 9.80 Å². The number of hydrogen-bond acceptors (Lipinski definition) is 8. The summed E-state index contributed by atoms with van der Waals surface area (Å²) in [4.78, 5) is 18.2. The Hall–Kier alpha value is -5.36. The highest BCUT2D eigenvalue weighted by molar-refractivity contribution is 6.02. The minimum atomic E-state index is 0.255. The molecule has 4 aromatic heterocycles. The summed E-state index contributed by atoms with van der Waals surface area (Å²) in [5.41, 5.74) is 5.56. The molecular weight excluding hydrogens is 502 g/mol. The van der Waals surface area contributed by atoms with Crippen molar-refractivity contribution < 1.29 is 8.83 Å². The first kappa shape index (κ1) is 23.7. The third kappa shape index (κ3) is 4.07. The number of hydrogen-bond donors (Lipinski definition) is 0. The molecular formula is C31H25N7O2. The number of aromatic nitrogens is 4. The Morgan fingerprint density at radius 2 is 1.73 bits per heavy atom. The molecule has 1 fully saturated rings. The minimum absolute atomic E-state index is 0.255. The normalized spacial score (nSPS) is 13.6. The molecule has 0 bridgehead atoms. The summed E-state index contributed by atoms with van der Waals surface area (Å²) < 4.78 is 13.6. The first-order valence-corrected chi connectivity index (χ1v) is 13.1. The Balaban J connectivity index is 1.25. The summed E-state index contributed by atoms with van der Waals surface area (Å²) in [5, 5.41) is 10.7. The van der Waals surface area contributed by atoms with Crippen molar-refractivity contribution in [3.63, 3.8) is 0 Å². The van der Waals surface area contributed by atoms with Crippen LogP contribution in [0, 0.1) is 18.3 Å². The molecule has 0 N–H and O–H groups in total. The van der Waals surface area contributed by atoms with Crippen molar-refractivity contribution in [1.82, 2.24) is 19.5 Å². The fourth-order valence-corrected chi connectivity index (χ4v) is 5.32. The molecule has 0 amide bonds. The zero-order chi connectivity index (χ0) is 27.1. The average Bonchev–Trinajstić information content (AvgIpc) is 3.76. The summed E-state index contributed by atoms with van der Waals surface area (Å²) in [5.74, 6) is 2.17. The van der Waals surface area contributed by atoms with E-state index in [1.165, 1.54) is 5.56 Å². The maximum atomic E-state index is 9.70. The van der Waals surface area contributed by atoms with E-state index in [9.17, 15) is 5.26 Å². The zero-order valence-corrected chi connectivity index (χ0v) is 21.9. The molecule has 0 aliphatic carbocycles. The van der Waals surface area contributed by atoms with Gasteiger partial charge in [-0.05, 0) is 42.3 Å². The molecule has 1 aliphatic rings. The van der Waals surface area contributed by atoms with Crippen molar-refractivity contribution >= 4 is 22.7 Å². The minimum Gasteiger partial charge on any atom is -0.459 e. The summed E-state index contributed by atoms with van der Waals surface area (Å²) >= 11 is 0. The Morgan fingerprint density at radius 3 is 2.48 bits per heavy atom. The van der Waals surface area contributed by atoms with Crippen LogP contribution in [-0.4, -0.2) is 45.7 Å². The quantitative estimate of drug-likeness (QED) is 0.276. The smallest absolute Gasteiger partial charge is 0.266 e. The zero-order valence-electron chi connectivity index (χ0n) is 21.9. The van der Waals surface area contributed by atoms with E-state index in [2.05, 4.69) is 87.1 Å². The first-order chi connectivity index (χ1) is 19.7. The third-order valence-electron chi connectivity index (χ3n) is 7.24. The maximum absolute atomic E-state index is 9.70. The van der Waals surface area contributed by atoms with Gasteiger partial charge in [0.1, 0.15) is 18.2 Å². The van der Waals surface area contributed by atoms with Crippen LogP contribution in [-0.2, 0) is 0 Å². The van der Waals surface area contributed by atoms with Gasteiger partial charge in [-0.25, -0.2) is 9.97 Å². The fourth-order valence-electron chi connectivity index (χ4n) is 5.32. The van der Waals surface area contributed by atoms with Gasteiger partial charge in [0, 0.05) is 43.6 Å². The van der Waals surface area contributed by atoms with Crippen molar-refractivity contribution in [1.29, 1.82) is 5.26 Å². The average molecular weight is 528 g/mol. The van der Waals surface area contributed by atoms with E-state index in [4.69, 9.17) is 18.8 Å². The van der Waals surface area contributed by atoms with Gasteiger partial charge < -0.3 is 23.2 Å². The van der Waals surface area contributed by atoms with E-state index in [1.54, 1.807) is 24.7 Å². The Morgan fingerprint density at radius 1 is 0.900 bits per heavy atom. The standard InChI is InChI=1S/C31H25N7O2/c1-21-7-5-10-23(17-21)38-19-24(22-8-3-2-4-9-22)27-28(33-20-34-29(27)38)36-12-14-37(15-13-36)31-25(18-32)35-30(40-31)26-11-6-16-39-26/h2-11,16-17,19-20H,12-15H2,1H3. The second kappa shape index (κ2) is 9.75. The van der Waals surface area contributed by atoms with Crippen LogP contribution in [0.2, 0.25) is 0 Å². The van der Waals surface area contributed by atoms with Crippen molar-refractivity contribution in [3.8, 4) is 34.5 Å². The predicted octanol–water partition coefficient (Wildman–Crippen LogP) is 5.84. The molecule has 196 valence electrons. The van der Waals surface area contributed by atoms with Crippen molar-refractivity contribution in [2.45, 2.75) is 6.92 Å². The summed E-state index contributed by atoms with van der Waals surface area (Å²) in [7, 11) is 0. The maximum Gasteiger partial charge on any atom is 0.266 e. The van der Waals surface area contributed by atoms with Gasteiger partial charge in [0.25, 0.3) is 5.89 Å². The summed E-state index contributed by atoms with van der Waals surface area (Å²) in [6, 6.07) is 24.5. The van der Waals surface area contributed by atoms with Crippen LogP contribution in [0.15, 0.2) is 94.4 Å². The number of piperazine rings is 1. The highest BCUT2D eigenvalue weighted by Crippen LogP contribution is 2.37. The van der Waals surface area contributed by atoms with E-state index in [0.29, 0.717) is 43.7 Å². The number of aryl methyl sites for hydroxylation is 1. The van der Waals surface area contributed by atoms with Crippen LogP contribution in [0.5, 0.6) is 0 Å². The van der Waals surface area contributed by atoms with Gasteiger partial charge in [-0.2, -0.15) is 10.2 Å². The lowest BCUT2D eigenvalue weighted by Gasteiger charge is -2.35. The highest BCUT2D eigenvalue weighted by atomic mass is 16.4. The van der Waals surface area contributed by atoms with Gasteiger partial charge in [-0.15, -0.1) is 0 Å². The molecule has 40 heavy (non-hydrogen) atoms. The van der Waals surface area contributed by atoms with E-state index in [0.717, 1.165) is 33.7 Å². The van der Waals surface area contributed by atoms with Gasteiger partial charge in [-0.3, -0.25) is 0 Å². The van der Waals surface area contributed by atoms with Crippen LogP contribution in [0.25, 0.3) is 39.5 Å². The lowest BCUT2D eigenvalue weighted by Crippen LogP contribution is -2.47. The number of oxazole rings is 1. The molecule has 9 heteroatoms. The molecule has 0 radical (unpaired) electrons. The lowest BCUT2D eigenvalue weighted by atomic mass is 10.1. The molecule has 5 heterocycles. The third-order valence-corrected chi connectivity index (χ3v) is 7.24. The summed E-state index contributed by atoms with van der Waals surface area (Å²) in [6.07, 6.45) is 5.36. The van der Waals surface area contributed by atoms with Crippen molar-refractivity contribution in [2.24, 2.45) is 0 Å². The van der Waals surface area contributed by atoms with Gasteiger partial charge >= 0.3 is 0 Å². The van der Waals surface area contributed by atoms with Crippen molar-refractivity contribution in [2.75, 3.05) is 36.0 Å². The van der Waals surface area contributed by atoms with Crippen LogP contribution >= 0.6 is 0 Å². The number of anilines is 2. The lowest BCUT2D eigenvalue weighted by molar-refractivity contribution is 0.500. The Kier molecular flexibility index (Phi) is 5.78. The second-order valence-electron chi connectivity index (χ2n) is 9.75. The van der Waals surface area contributed by atoms with Crippen LogP contribution in [0.3, 0.4) is 0 Å². The monoisotopic (exact) mass is 527 g/mol. The van der Waals surface area contributed by atoms with E-state index < -0.39 is 0 Å². The molecule has 6 aromatic rings. The number of fused-ring (bicyclic) bond motifs is 1. The van der Waals surface area contributed by atoms with E-state index in [-0.39, 0.29) is 5.69 Å². The molecule has 0 spiro atoms. The SMILES string of the molecule is Cc1cccc(-n2cc(-c3ccccc3)c3c(N4CCN(c5oc(-c6ccco6)nc5C#N)CC4)ncnc32)c1. The van der Waals surface area contributed by atoms with Gasteiger partial charge in [0.2, 0.25) is 11.6 Å². The van der Waals surface area contributed by atoms with E-state index in [1.807, 2.05) is 6.07 Å². The number of benzene rings is 2. The van der Waals surface area contributed by atoms with Crippen molar-refractivity contribution in [3.05, 3.63) is 96.8 Å². The molecule has 9 nitrogen and oxygen atoms in total. The molecule has 2 aromatic carbocycles. The van der Waals surface area contributed by atoms with Gasteiger partial charge in [0.05, 0.1) is 11.6 Å². The topological polar surface area (TPSA) is 100 Å². The molecule has 1 saturated heterocycles. The van der Waals surface area contributed by atoms with Crippen LogP contribution in [0.4, 0.5) is 11.7 Å². The molecule has 7 rings (SSSR count). The summed E-state index contributed by atoms with van der Waals surface area (Å²) in [6.45, 7) is 4.77. The largest absolute Gasteiger partial charge is 0.459 e. The molecule has 1 aliphatic heterocycles. The van der Waals surface area contributed by atoms with Gasteiger partial charge in [0.15, 0.2) is 11.4 Å². The number of rotatable bonds is 5. The second-order valence-corrected chi connectivity index (χ2v) is 9.75. The molecule has 0 saturated carbocycles. The first-order valence-electron chi connectivity index (χ1n) is 13.1.